The molecule has 0 atom stereocenters. The van der Waals surface area contributed by atoms with Crippen LogP contribution in [0.1, 0.15) is 55.5 Å². The average molecular weight is 418 g/mol. The molecule has 3 aromatic rings. The van der Waals surface area contributed by atoms with E-state index in [1.165, 1.54) is 16.7 Å². The van der Waals surface area contributed by atoms with Crippen LogP contribution in [0.2, 0.25) is 0 Å². The summed E-state index contributed by atoms with van der Waals surface area (Å²) in [5.74, 6) is 0. The summed E-state index contributed by atoms with van der Waals surface area (Å²) in [7, 11) is 0. The number of anilines is 1. The molecule has 1 heterocycles. The quantitative estimate of drug-likeness (QED) is 0.369. The van der Waals surface area contributed by atoms with Crippen molar-refractivity contribution in [2.75, 3.05) is 11.9 Å². The molecule has 4 heteroatoms. The number of benzene rings is 2. The fourth-order valence-corrected chi connectivity index (χ4v) is 3.79. The lowest BCUT2D eigenvalue weighted by Gasteiger charge is -2.24. The van der Waals surface area contributed by atoms with Gasteiger partial charge in [-0.15, -0.1) is 0 Å². The molecule has 31 heavy (non-hydrogen) atoms. The maximum Gasteiger partial charge on any atom is 0.322 e. The number of aromatic nitrogens is 1. The number of carbonyl (C=O) groups is 1. The molecular formula is C27H35N3O. The van der Waals surface area contributed by atoms with Crippen molar-refractivity contribution in [3.05, 3.63) is 89.2 Å². The Morgan fingerprint density at radius 1 is 1.00 bits per heavy atom. The second-order valence-corrected chi connectivity index (χ2v) is 8.17. The van der Waals surface area contributed by atoms with Gasteiger partial charge in [-0.2, -0.15) is 0 Å². The summed E-state index contributed by atoms with van der Waals surface area (Å²) in [6.45, 7) is 8.63. The van der Waals surface area contributed by atoms with Crippen molar-refractivity contribution in [1.29, 1.82) is 0 Å². The minimum atomic E-state index is -0.0343. The van der Waals surface area contributed by atoms with Gasteiger partial charge in [0.25, 0.3) is 0 Å². The largest absolute Gasteiger partial charge is 0.345 e. The van der Waals surface area contributed by atoms with E-state index < -0.39 is 0 Å². The molecule has 0 aliphatic carbocycles. The monoisotopic (exact) mass is 417 g/mol. The Morgan fingerprint density at radius 3 is 2.61 bits per heavy atom. The molecule has 0 aliphatic rings. The highest BCUT2D eigenvalue weighted by molar-refractivity contribution is 5.89. The fraction of sp³-hybridized carbons (Fsp3) is 0.370. The Labute approximate surface area is 186 Å². The Balaban J connectivity index is 1.74. The highest BCUT2D eigenvalue weighted by atomic mass is 16.2. The van der Waals surface area contributed by atoms with E-state index in [2.05, 4.69) is 85.4 Å². The maximum atomic E-state index is 13.2. The summed E-state index contributed by atoms with van der Waals surface area (Å²) in [4.78, 5) is 15.1. The maximum absolute atomic E-state index is 13.2. The topological polar surface area (TPSA) is 37.3 Å². The molecule has 1 N–H and O–H groups in total. The van der Waals surface area contributed by atoms with Crippen LogP contribution in [0.4, 0.5) is 10.5 Å². The van der Waals surface area contributed by atoms with Crippen LogP contribution in [0.25, 0.3) is 0 Å². The number of carbonyl (C=O) groups excluding carboxylic acids is 1. The van der Waals surface area contributed by atoms with Crippen LogP contribution in [-0.2, 0) is 19.5 Å². The Hall–Kier alpha value is -3.01. The number of amides is 2. The molecule has 0 saturated heterocycles. The number of nitrogens with zero attached hydrogens (tertiary/aromatic N) is 2. The zero-order chi connectivity index (χ0) is 22.1. The predicted octanol–water partition coefficient (Wildman–Crippen LogP) is 6.63. The molecule has 2 aromatic carbocycles. The first-order chi connectivity index (χ1) is 15.1. The molecule has 164 valence electrons. The van der Waals surface area contributed by atoms with Crippen LogP contribution in [0, 0.1) is 6.92 Å². The molecule has 4 nitrogen and oxygen atoms in total. The minimum absolute atomic E-state index is 0.0343. The van der Waals surface area contributed by atoms with Crippen molar-refractivity contribution in [3.63, 3.8) is 0 Å². The molecule has 0 spiro atoms. The van der Waals surface area contributed by atoms with Crippen molar-refractivity contribution in [1.82, 2.24) is 9.47 Å². The number of urea groups is 1. The SMILES string of the molecule is CCCCCN(Cc1cccn1Cc1ccccc1C)C(=O)Nc1cccc(CC)c1. The van der Waals surface area contributed by atoms with Gasteiger partial charge in [-0.3, -0.25) is 0 Å². The average Bonchev–Trinajstić information content (AvgIpc) is 3.21. The van der Waals surface area contributed by atoms with Gasteiger partial charge in [0.2, 0.25) is 0 Å². The fourth-order valence-electron chi connectivity index (χ4n) is 3.79. The Bertz CT molecular complexity index is 976. The Kier molecular flexibility index (Phi) is 8.34. The van der Waals surface area contributed by atoms with Gasteiger partial charge in [0.1, 0.15) is 0 Å². The van der Waals surface area contributed by atoms with Gasteiger partial charge in [-0.25, -0.2) is 4.79 Å². The second kappa shape index (κ2) is 11.4. The molecule has 0 saturated carbocycles. The van der Waals surface area contributed by atoms with E-state index in [0.29, 0.717) is 6.54 Å². The van der Waals surface area contributed by atoms with Gasteiger partial charge >= 0.3 is 6.03 Å². The third-order valence-electron chi connectivity index (χ3n) is 5.78. The van der Waals surface area contributed by atoms with Crippen LogP contribution in [0.3, 0.4) is 0 Å². The summed E-state index contributed by atoms with van der Waals surface area (Å²) in [5.41, 5.74) is 5.83. The molecule has 0 unspecified atom stereocenters. The highest BCUT2D eigenvalue weighted by Crippen LogP contribution is 2.16. The zero-order valence-electron chi connectivity index (χ0n) is 19.1. The first kappa shape index (κ1) is 22.7. The molecule has 1 aromatic heterocycles. The molecule has 0 bridgehead atoms. The molecule has 0 radical (unpaired) electrons. The summed E-state index contributed by atoms with van der Waals surface area (Å²) in [6.07, 6.45) is 6.33. The van der Waals surface area contributed by atoms with E-state index in [4.69, 9.17) is 0 Å². The van der Waals surface area contributed by atoms with E-state index in [9.17, 15) is 4.79 Å². The van der Waals surface area contributed by atoms with Gasteiger partial charge < -0.3 is 14.8 Å². The predicted molar refractivity (Wildman–Crippen MR) is 129 cm³/mol. The molecule has 0 fully saturated rings. The number of aryl methyl sites for hydroxylation is 2. The molecule has 2 amide bonds. The van der Waals surface area contributed by atoms with Crippen LogP contribution in [0.15, 0.2) is 66.9 Å². The second-order valence-electron chi connectivity index (χ2n) is 8.17. The van der Waals surface area contributed by atoms with Gasteiger partial charge in [0.05, 0.1) is 6.54 Å². The van der Waals surface area contributed by atoms with Crippen LogP contribution < -0.4 is 5.32 Å². The number of unbranched alkanes of at least 4 members (excludes halogenated alkanes) is 2. The normalized spacial score (nSPS) is 10.8. The van der Waals surface area contributed by atoms with Gasteiger partial charge in [0, 0.05) is 30.7 Å². The lowest BCUT2D eigenvalue weighted by atomic mass is 10.1. The summed E-state index contributed by atoms with van der Waals surface area (Å²) >= 11 is 0. The van der Waals surface area contributed by atoms with Crippen LogP contribution in [-0.4, -0.2) is 22.0 Å². The standard InChI is InChI=1S/C27H35N3O/c1-4-6-9-17-30(27(31)28-25-15-10-13-23(5-2)19-25)21-26-16-11-18-29(26)20-24-14-8-7-12-22(24)3/h7-8,10-16,18-19H,4-6,9,17,20-21H2,1-3H3,(H,28,31). The zero-order valence-corrected chi connectivity index (χ0v) is 19.1. The van der Waals surface area contributed by atoms with E-state index >= 15 is 0 Å². The van der Waals surface area contributed by atoms with Gasteiger partial charge in [0.15, 0.2) is 0 Å². The van der Waals surface area contributed by atoms with Crippen molar-refractivity contribution in [2.24, 2.45) is 0 Å². The van der Waals surface area contributed by atoms with Gasteiger partial charge in [-0.1, -0.05) is 63.1 Å². The van der Waals surface area contributed by atoms with Crippen molar-refractivity contribution in [3.8, 4) is 0 Å². The number of nitrogens with one attached hydrogen (secondary N) is 1. The lowest BCUT2D eigenvalue weighted by molar-refractivity contribution is 0.206. The van der Waals surface area contributed by atoms with Crippen LogP contribution >= 0.6 is 0 Å². The van der Waals surface area contributed by atoms with E-state index in [1.807, 2.05) is 17.0 Å². The first-order valence-corrected chi connectivity index (χ1v) is 11.4. The summed E-state index contributed by atoms with van der Waals surface area (Å²) in [6, 6.07) is 20.7. The smallest absolute Gasteiger partial charge is 0.322 e. The van der Waals surface area contributed by atoms with Gasteiger partial charge in [-0.05, 0) is 60.7 Å². The number of hydrogen-bond donors (Lipinski definition) is 1. The third kappa shape index (κ3) is 6.48. The van der Waals surface area contributed by atoms with Crippen LogP contribution in [0.5, 0.6) is 0 Å². The molecule has 0 aliphatic heterocycles. The number of rotatable bonds is 10. The molecule has 3 rings (SSSR count). The Morgan fingerprint density at radius 2 is 1.84 bits per heavy atom. The van der Waals surface area contributed by atoms with E-state index in [-0.39, 0.29) is 6.03 Å². The lowest BCUT2D eigenvalue weighted by Crippen LogP contribution is -2.36. The van der Waals surface area contributed by atoms with Crippen molar-refractivity contribution >= 4 is 11.7 Å². The summed E-state index contributed by atoms with van der Waals surface area (Å²) < 4.78 is 2.25. The van der Waals surface area contributed by atoms with E-state index in [1.54, 1.807) is 0 Å². The minimum Gasteiger partial charge on any atom is -0.345 e. The third-order valence-corrected chi connectivity index (χ3v) is 5.78. The van der Waals surface area contributed by atoms with E-state index in [0.717, 1.165) is 50.2 Å². The highest BCUT2D eigenvalue weighted by Gasteiger charge is 2.16. The summed E-state index contributed by atoms with van der Waals surface area (Å²) in [5, 5.41) is 3.11. The first-order valence-electron chi connectivity index (χ1n) is 11.4. The molecular weight excluding hydrogens is 382 g/mol. The van der Waals surface area contributed by atoms with Crippen molar-refractivity contribution < 1.29 is 4.79 Å². The number of hydrogen-bond acceptors (Lipinski definition) is 1. The van der Waals surface area contributed by atoms with Crippen molar-refractivity contribution in [2.45, 2.75) is 59.5 Å².